The van der Waals surface area contributed by atoms with Gasteiger partial charge in [0.15, 0.2) is 10.8 Å². The molecule has 2 aromatic heterocycles. The molecule has 0 aliphatic rings. The number of thiazole rings is 1. The molecule has 0 fully saturated rings. The van der Waals surface area contributed by atoms with Gasteiger partial charge in [0.2, 0.25) is 5.76 Å². The monoisotopic (exact) mass is 261 g/mol. The van der Waals surface area contributed by atoms with Crippen LogP contribution in [0, 0.1) is 19.9 Å². The summed E-state index contributed by atoms with van der Waals surface area (Å²) in [5.74, 6) is 0.680. The summed E-state index contributed by atoms with van der Waals surface area (Å²) in [6, 6.07) is 2.87. The second-order valence-electron chi connectivity index (χ2n) is 3.65. The smallest absolute Gasteiger partial charge is 0.375 e. The third-order valence-electron chi connectivity index (χ3n) is 2.34. The minimum Gasteiger partial charge on any atom is -0.375 e. The molecular formula is C12H13N4OS+. The molecule has 0 aliphatic carbocycles. The summed E-state index contributed by atoms with van der Waals surface area (Å²) in [6.45, 7) is 5.57. The average Bonchev–Trinajstić information content (AvgIpc) is 2.85. The van der Waals surface area contributed by atoms with Gasteiger partial charge in [0, 0.05) is 6.92 Å². The van der Waals surface area contributed by atoms with E-state index in [0.717, 1.165) is 15.6 Å². The highest BCUT2D eigenvalue weighted by Crippen LogP contribution is 2.21. The second kappa shape index (κ2) is 5.02. The molecule has 0 aliphatic heterocycles. The lowest BCUT2D eigenvalue weighted by molar-refractivity contribution is 0.394. The molecule has 0 saturated heterocycles. The first-order chi connectivity index (χ1) is 8.61. The summed E-state index contributed by atoms with van der Waals surface area (Å²) >= 11 is 1.40. The van der Waals surface area contributed by atoms with Crippen LogP contribution in [0.1, 0.15) is 18.4 Å². The number of hydrogen-bond donors (Lipinski definition) is 1. The fraction of sp³-hybridized carbons (Fsp3) is 0.250. The molecule has 2 heterocycles. The summed E-state index contributed by atoms with van der Waals surface area (Å²) in [7, 11) is 0. The van der Waals surface area contributed by atoms with E-state index in [1.807, 2.05) is 26.8 Å². The van der Waals surface area contributed by atoms with Gasteiger partial charge in [-0.05, 0) is 18.7 Å². The van der Waals surface area contributed by atoms with Gasteiger partial charge in [-0.2, -0.15) is 0 Å². The minimum atomic E-state index is 0.536. The van der Waals surface area contributed by atoms with Crippen LogP contribution in [-0.2, 0) is 0 Å². The molecular weight excluding hydrogens is 248 g/mol. The zero-order valence-corrected chi connectivity index (χ0v) is 11.2. The number of nitrogens with two attached hydrogens (primary N) is 1. The van der Waals surface area contributed by atoms with Gasteiger partial charge < -0.3 is 10.3 Å². The van der Waals surface area contributed by atoms with Crippen molar-refractivity contribution in [2.75, 3.05) is 5.73 Å². The third kappa shape index (κ3) is 2.41. The van der Waals surface area contributed by atoms with E-state index in [9.17, 15) is 0 Å². The standard InChI is InChI=1S/C12H13N4OS/c1-4-9-10(18-12(13)15-9)5-6-14-11-7(2)16-17-8(11)3/h4-5H,1-3H3,(H2,13,15)/q+1/b9-4+,10-5+. The Morgan fingerprint density at radius 2 is 2.22 bits per heavy atom. The number of nitrogens with zero attached hydrogens (tertiary/aromatic N) is 3. The van der Waals surface area contributed by atoms with Crippen LogP contribution in [0.4, 0.5) is 10.8 Å². The molecule has 0 saturated carbocycles. The van der Waals surface area contributed by atoms with Crippen molar-refractivity contribution in [2.45, 2.75) is 20.8 Å². The molecule has 0 bridgehead atoms. The fourth-order valence-electron chi connectivity index (χ4n) is 1.47. The Bertz CT molecular complexity index is 726. The molecule has 92 valence electrons. The molecule has 5 nitrogen and oxygen atoms in total. The lowest BCUT2D eigenvalue weighted by Crippen LogP contribution is -2.19. The lowest BCUT2D eigenvalue weighted by Gasteiger charge is -1.70. The van der Waals surface area contributed by atoms with E-state index in [-0.39, 0.29) is 0 Å². The maximum absolute atomic E-state index is 5.65. The Hall–Kier alpha value is -2.13. The topological polar surface area (TPSA) is 69.3 Å². The highest BCUT2D eigenvalue weighted by molar-refractivity contribution is 7.13. The van der Waals surface area contributed by atoms with Crippen molar-refractivity contribution >= 4 is 34.3 Å². The van der Waals surface area contributed by atoms with Crippen molar-refractivity contribution in [1.82, 2.24) is 10.1 Å². The van der Waals surface area contributed by atoms with Gasteiger partial charge in [-0.1, -0.05) is 22.6 Å². The van der Waals surface area contributed by atoms with Gasteiger partial charge in [0.05, 0.1) is 16.0 Å². The lowest BCUT2D eigenvalue weighted by atomic mass is 10.3. The molecule has 2 rings (SSSR count). The fourth-order valence-corrected chi connectivity index (χ4v) is 2.21. The van der Waals surface area contributed by atoms with Gasteiger partial charge in [-0.15, -0.1) is 0 Å². The zero-order valence-electron chi connectivity index (χ0n) is 10.4. The summed E-state index contributed by atoms with van der Waals surface area (Å²) < 4.78 is 5.95. The molecule has 0 radical (unpaired) electrons. The van der Waals surface area contributed by atoms with E-state index >= 15 is 0 Å². The largest absolute Gasteiger partial charge is 0.405 e. The Kier molecular flexibility index (Phi) is 3.44. The number of anilines is 1. The summed E-state index contributed by atoms with van der Waals surface area (Å²) in [5, 5.41) is 5.20. The first-order valence-electron chi connectivity index (χ1n) is 5.40. The van der Waals surface area contributed by atoms with Crippen molar-refractivity contribution in [3.05, 3.63) is 26.2 Å². The van der Waals surface area contributed by atoms with Crippen molar-refractivity contribution in [1.29, 1.82) is 0 Å². The van der Waals surface area contributed by atoms with Crippen LogP contribution >= 0.6 is 11.3 Å². The van der Waals surface area contributed by atoms with E-state index < -0.39 is 0 Å². The summed E-state index contributed by atoms with van der Waals surface area (Å²) in [5.41, 5.74) is 7.12. The van der Waals surface area contributed by atoms with E-state index in [2.05, 4.69) is 21.1 Å². The second-order valence-corrected chi connectivity index (χ2v) is 4.71. The predicted molar refractivity (Wildman–Crippen MR) is 73.3 cm³/mol. The van der Waals surface area contributed by atoms with Crippen LogP contribution < -0.4 is 15.6 Å². The highest BCUT2D eigenvalue weighted by atomic mass is 32.1. The van der Waals surface area contributed by atoms with Crippen molar-refractivity contribution in [3.63, 3.8) is 0 Å². The van der Waals surface area contributed by atoms with E-state index in [1.165, 1.54) is 11.3 Å². The Morgan fingerprint density at radius 3 is 2.83 bits per heavy atom. The maximum atomic E-state index is 5.65. The number of aryl methyl sites for hydroxylation is 2. The highest BCUT2D eigenvalue weighted by Gasteiger charge is 2.17. The first-order valence-corrected chi connectivity index (χ1v) is 6.21. The molecule has 2 aromatic rings. The number of nitrogen functional groups attached to an aromatic ring is 1. The van der Waals surface area contributed by atoms with Crippen LogP contribution in [0.15, 0.2) is 4.52 Å². The third-order valence-corrected chi connectivity index (χ3v) is 3.19. The molecule has 18 heavy (non-hydrogen) atoms. The first kappa shape index (κ1) is 12.3. The molecule has 0 amide bonds. The maximum Gasteiger partial charge on any atom is 0.405 e. The quantitative estimate of drug-likeness (QED) is 0.781. The number of rotatable bonds is 0. The summed E-state index contributed by atoms with van der Waals surface area (Å²) in [4.78, 5) is 8.38. The molecule has 6 heteroatoms. The van der Waals surface area contributed by atoms with Crippen LogP contribution in [0.3, 0.4) is 0 Å². The normalized spacial score (nSPS) is 12.6. The van der Waals surface area contributed by atoms with Crippen LogP contribution in [-0.4, -0.2) is 10.1 Å². The van der Waals surface area contributed by atoms with Gasteiger partial charge in [-0.25, -0.2) is 4.98 Å². The number of hydrogen-bond acceptors (Lipinski definition) is 5. The predicted octanol–water partition coefficient (Wildman–Crippen LogP) is 1.58. The van der Waals surface area contributed by atoms with E-state index in [4.69, 9.17) is 10.3 Å². The molecule has 2 N–H and O–H groups in total. The van der Waals surface area contributed by atoms with E-state index in [0.29, 0.717) is 16.6 Å². The molecule has 0 unspecified atom stereocenters. The Balaban J connectivity index is 2.43. The van der Waals surface area contributed by atoms with Gasteiger partial charge in [-0.3, -0.25) is 0 Å². The SMILES string of the molecule is C/C=c1/nc(N)s/c1=C/C#[N+]c1c(C)noc1C. The molecule has 0 spiro atoms. The number of aromatic nitrogens is 2. The minimum absolute atomic E-state index is 0.536. The molecule has 0 atom stereocenters. The van der Waals surface area contributed by atoms with Gasteiger partial charge >= 0.3 is 11.8 Å². The summed E-state index contributed by atoms with van der Waals surface area (Å²) in [6.07, 6.45) is 3.66. The Labute approximate surface area is 108 Å². The van der Waals surface area contributed by atoms with E-state index in [1.54, 1.807) is 6.08 Å². The van der Waals surface area contributed by atoms with Crippen molar-refractivity contribution in [3.8, 4) is 6.07 Å². The van der Waals surface area contributed by atoms with Crippen molar-refractivity contribution in [2.24, 2.45) is 0 Å². The van der Waals surface area contributed by atoms with Gasteiger partial charge in [0.25, 0.3) is 0 Å². The molecule has 0 aromatic carbocycles. The average molecular weight is 261 g/mol. The Morgan fingerprint density at radius 1 is 1.44 bits per heavy atom. The zero-order chi connectivity index (χ0) is 13.1. The van der Waals surface area contributed by atoms with Crippen LogP contribution in [0.25, 0.3) is 17.0 Å². The van der Waals surface area contributed by atoms with Gasteiger partial charge in [0.1, 0.15) is 0 Å². The van der Waals surface area contributed by atoms with Crippen LogP contribution in [0.2, 0.25) is 0 Å². The van der Waals surface area contributed by atoms with Crippen LogP contribution in [0.5, 0.6) is 0 Å². The van der Waals surface area contributed by atoms with Crippen molar-refractivity contribution < 1.29 is 4.52 Å².